The Morgan fingerprint density at radius 2 is 2.00 bits per heavy atom. The molecule has 1 N–H and O–H groups in total. The van der Waals surface area contributed by atoms with Crippen LogP contribution in [0.25, 0.3) is 0 Å². The van der Waals surface area contributed by atoms with Gasteiger partial charge in [0.05, 0.1) is 6.10 Å². The summed E-state index contributed by atoms with van der Waals surface area (Å²) in [7, 11) is 1.74. The first kappa shape index (κ1) is 15.5. The molecule has 0 spiro atoms. The predicted molar refractivity (Wildman–Crippen MR) is 75.1 cm³/mol. The summed E-state index contributed by atoms with van der Waals surface area (Å²) in [4.78, 5) is 13.8. The number of carbonyl (C=O) groups is 1. The van der Waals surface area contributed by atoms with Crippen LogP contribution in [0.5, 0.6) is 5.75 Å². The molecule has 1 amide bonds. The Bertz CT molecular complexity index is 378. The van der Waals surface area contributed by atoms with Gasteiger partial charge >= 0.3 is 0 Å². The Kier molecular flexibility index (Phi) is 6.36. The molecule has 0 radical (unpaired) electrons. The number of hydrogen-bond donors (Lipinski definition) is 1. The maximum atomic E-state index is 12.2. The second-order valence-electron chi connectivity index (χ2n) is 4.73. The fourth-order valence-electron chi connectivity index (χ4n) is 1.71. The molecule has 0 aliphatic carbocycles. The van der Waals surface area contributed by atoms with E-state index in [-0.39, 0.29) is 5.91 Å². The van der Waals surface area contributed by atoms with Crippen molar-refractivity contribution in [3.8, 4) is 5.75 Å². The lowest BCUT2D eigenvalue weighted by Gasteiger charge is -2.24. The van der Waals surface area contributed by atoms with Crippen molar-refractivity contribution in [3.05, 3.63) is 30.3 Å². The molecule has 0 aliphatic rings. The maximum Gasteiger partial charge on any atom is 0.263 e. The highest BCUT2D eigenvalue weighted by Gasteiger charge is 2.22. The number of para-hydroxylation sites is 1. The Balaban J connectivity index is 2.56. The summed E-state index contributed by atoms with van der Waals surface area (Å²) in [5, 5.41) is 9.24. The molecule has 1 rings (SSSR count). The first-order valence-electron chi connectivity index (χ1n) is 6.69. The number of ether oxygens (including phenoxy) is 1. The van der Waals surface area contributed by atoms with Gasteiger partial charge in [0.2, 0.25) is 0 Å². The highest BCUT2D eigenvalue weighted by atomic mass is 16.5. The third-order valence-corrected chi connectivity index (χ3v) is 2.93. The molecular weight excluding hydrogens is 242 g/mol. The summed E-state index contributed by atoms with van der Waals surface area (Å²) < 4.78 is 5.70. The van der Waals surface area contributed by atoms with E-state index in [2.05, 4.69) is 0 Å². The third kappa shape index (κ3) is 5.30. The van der Waals surface area contributed by atoms with E-state index in [1.807, 2.05) is 37.3 Å². The average Bonchev–Trinajstić information content (AvgIpc) is 2.42. The van der Waals surface area contributed by atoms with E-state index in [9.17, 15) is 9.90 Å². The van der Waals surface area contributed by atoms with E-state index in [0.717, 1.165) is 0 Å². The topological polar surface area (TPSA) is 49.8 Å². The standard InChI is InChI=1S/C15H23NO3/c1-4-14(19-13-8-6-5-7-9-13)15(18)16(3)11-10-12(2)17/h5-9,12,14,17H,4,10-11H2,1-3H3. The van der Waals surface area contributed by atoms with Gasteiger partial charge in [-0.05, 0) is 31.9 Å². The molecule has 106 valence electrons. The smallest absolute Gasteiger partial charge is 0.263 e. The lowest BCUT2D eigenvalue weighted by Crippen LogP contribution is -2.40. The number of aliphatic hydroxyl groups is 1. The summed E-state index contributed by atoms with van der Waals surface area (Å²) in [6.45, 7) is 4.18. The molecule has 4 nitrogen and oxygen atoms in total. The van der Waals surface area contributed by atoms with Crippen LogP contribution in [0.1, 0.15) is 26.7 Å². The molecule has 0 aliphatic heterocycles. The number of likely N-dealkylation sites (N-methyl/N-ethyl adjacent to an activating group) is 1. The van der Waals surface area contributed by atoms with Crippen molar-refractivity contribution in [3.63, 3.8) is 0 Å². The van der Waals surface area contributed by atoms with Gasteiger partial charge in [0.15, 0.2) is 6.10 Å². The van der Waals surface area contributed by atoms with Crippen molar-refractivity contribution in [2.75, 3.05) is 13.6 Å². The highest BCUT2D eigenvalue weighted by molar-refractivity contribution is 5.81. The lowest BCUT2D eigenvalue weighted by molar-refractivity contribution is -0.137. The minimum Gasteiger partial charge on any atom is -0.481 e. The monoisotopic (exact) mass is 265 g/mol. The van der Waals surface area contributed by atoms with Crippen LogP contribution < -0.4 is 4.74 Å². The first-order chi connectivity index (χ1) is 9.04. The fourth-order valence-corrected chi connectivity index (χ4v) is 1.71. The van der Waals surface area contributed by atoms with Gasteiger partial charge in [-0.25, -0.2) is 0 Å². The Labute approximate surface area is 115 Å². The van der Waals surface area contributed by atoms with Gasteiger partial charge in [0, 0.05) is 13.6 Å². The number of rotatable bonds is 7. The van der Waals surface area contributed by atoms with E-state index in [1.54, 1.807) is 18.9 Å². The molecule has 0 aromatic heterocycles. The van der Waals surface area contributed by atoms with Crippen LogP contribution in [0, 0.1) is 0 Å². The van der Waals surface area contributed by atoms with Crippen molar-refractivity contribution in [1.29, 1.82) is 0 Å². The minimum atomic E-state index is -0.471. The minimum absolute atomic E-state index is 0.0491. The van der Waals surface area contributed by atoms with Crippen molar-refractivity contribution in [2.45, 2.75) is 38.9 Å². The molecule has 0 fully saturated rings. The van der Waals surface area contributed by atoms with E-state index in [4.69, 9.17) is 4.74 Å². The Morgan fingerprint density at radius 1 is 1.37 bits per heavy atom. The molecule has 2 unspecified atom stereocenters. The van der Waals surface area contributed by atoms with Crippen molar-refractivity contribution in [1.82, 2.24) is 4.90 Å². The Hall–Kier alpha value is -1.55. The largest absolute Gasteiger partial charge is 0.481 e. The zero-order valence-electron chi connectivity index (χ0n) is 11.9. The summed E-state index contributed by atoms with van der Waals surface area (Å²) in [5.41, 5.74) is 0. The molecular formula is C15H23NO3. The summed E-state index contributed by atoms with van der Waals surface area (Å²) in [6.07, 6.45) is 0.322. The summed E-state index contributed by atoms with van der Waals surface area (Å²) in [5.74, 6) is 0.652. The molecule has 0 bridgehead atoms. The number of carbonyl (C=O) groups excluding carboxylic acids is 1. The van der Waals surface area contributed by atoms with Crippen molar-refractivity contribution < 1.29 is 14.6 Å². The van der Waals surface area contributed by atoms with Gasteiger partial charge in [-0.1, -0.05) is 25.1 Å². The fraction of sp³-hybridized carbons (Fsp3) is 0.533. The zero-order valence-corrected chi connectivity index (χ0v) is 11.9. The SMILES string of the molecule is CCC(Oc1ccccc1)C(=O)N(C)CCC(C)O. The van der Waals surface area contributed by atoms with Gasteiger partial charge in [0.1, 0.15) is 5.75 Å². The normalized spacial score (nSPS) is 13.7. The molecule has 4 heteroatoms. The van der Waals surface area contributed by atoms with Crippen molar-refractivity contribution >= 4 is 5.91 Å². The summed E-state index contributed by atoms with van der Waals surface area (Å²) in [6, 6.07) is 9.34. The van der Waals surface area contributed by atoms with Crippen LogP contribution in [0.4, 0.5) is 0 Å². The van der Waals surface area contributed by atoms with E-state index in [1.165, 1.54) is 0 Å². The number of benzene rings is 1. The van der Waals surface area contributed by atoms with Crippen LogP contribution in [0.3, 0.4) is 0 Å². The van der Waals surface area contributed by atoms with E-state index >= 15 is 0 Å². The highest BCUT2D eigenvalue weighted by Crippen LogP contribution is 2.14. The predicted octanol–water partition coefficient (Wildman–Crippen LogP) is 2.07. The molecule has 2 atom stereocenters. The number of nitrogens with zero attached hydrogens (tertiary/aromatic N) is 1. The second-order valence-corrected chi connectivity index (χ2v) is 4.73. The molecule has 0 heterocycles. The lowest BCUT2D eigenvalue weighted by atomic mass is 10.2. The van der Waals surface area contributed by atoms with Gasteiger partial charge in [0.25, 0.3) is 5.91 Å². The van der Waals surface area contributed by atoms with Crippen LogP contribution in [0.2, 0.25) is 0 Å². The van der Waals surface area contributed by atoms with Crippen LogP contribution in [0.15, 0.2) is 30.3 Å². The maximum absolute atomic E-state index is 12.2. The third-order valence-electron chi connectivity index (χ3n) is 2.93. The van der Waals surface area contributed by atoms with Crippen LogP contribution >= 0.6 is 0 Å². The molecule has 0 saturated heterocycles. The van der Waals surface area contributed by atoms with Crippen molar-refractivity contribution in [2.24, 2.45) is 0 Å². The summed E-state index contributed by atoms with van der Waals surface area (Å²) >= 11 is 0. The quantitative estimate of drug-likeness (QED) is 0.821. The Morgan fingerprint density at radius 3 is 2.53 bits per heavy atom. The van der Waals surface area contributed by atoms with Crippen LogP contribution in [-0.4, -0.2) is 41.7 Å². The molecule has 19 heavy (non-hydrogen) atoms. The van der Waals surface area contributed by atoms with Gasteiger partial charge in [-0.2, -0.15) is 0 Å². The van der Waals surface area contributed by atoms with Gasteiger partial charge < -0.3 is 14.7 Å². The van der Waals surface area contributed by atoms with E-state index < -0.39 is 12.2 Å². The average molecular weight is 265 g/mol. The van der Waals surface area contributed by atoms with E-state index in [0.29, 0.717) is 25.1 Å². The number of amides is 1. The zero-order chi connectivity index (χ0) is 14.3. The molecule has 0 saturated carbocycles. The van der Waals surface area contributed by atoms with Gasteiger partial charge in [-0.3, -0.25) is 4.79 Å². The van der Waals surface area contributed by atoms with Gasteiger partial charge in [-0.15, -0.1) is 0 Å². The molecule has 1 aromatic carbocycles. The first-order valence-corrected chi connectivity index (χ1v) is 6.69. The second kappa shape index (κ2) is 7.79. The molecule has 1 aromatic rings. The number of aliphatic hydroxyl groups excluding tert-OH is 1. The van der Waals surface area contributed by atoms with Crippen LogP contribution in [-0.2, 0) is 4.79 Å². The number of hydrogen-bond acceptors (Lipinski definition) is 3.